The second-order valence-electron chi connectivity index (χ2n) is 6.13. The molecule has 1 N–H and O–H groups in total. The third-order valence-electron chi connectivity index (χ3n) is 4.54. The molecule has 1 spiro atoms. The lowest BCUT2D eigenvalue weighted by atomic mass is 10.0. The average Bonchev–Trinajstić information content (AvgIpc) is 2.91. The Labute approximate surface area is 134 Å². The highest BCUT2D eigenvalue weighted by Crippen LogP contribution is 2.37. The predicted molar refractivity (Wildman–Crippen MR) is 85.4 cm³/mol. The van der Waals surface area contributed by atoms with Crippen LogP contribution >= 0.6 is 11.8 Å². The lowest BCUT2D eigenvalue weighted by Gasteiger charge is -2.40. The van der Waals surface area contributed by atoms with Crippen LogP contribution in [-0.2, 0) is 4.79 Å². The van der Waals surface area contributed by atoms with Crippen molar-refractivity contribution in [2.75, 3.05) is 32.0 Å². The Morgan fingerprint density at radius 2 is 2.05 bits per heavy atom. The first kappa shape index (κ1) is 14.2. The van der Waals surface area contributed by atoms with Crippen molar-refractivity contribution in [2.45, 2.75) is 23.8 Å². The van der Waals surface area contributed by atoms with E-state index in [2.05, 4.69) is 10.2 Å². The summed E-state index contributed by atoms with van der Waals surface area (Å²) in [5.74, 6) is 2.46. The van der Waals surface area contributed by atoms with Gasteiger partial charge >= 0.3 is 0 Å². The number of benzene rings is 1. The van der Waals surface area contributed by atoms with Gasteiger partial charge in [-0.1, -0.05) is 12.1 Å². The first-order valence-electron chi connectivity index (χ1n) is 7.78. The predicted octanol–water partition coefficient (Wildman–Crippen LogP) is 1.48. The molecule has 3 aliphatic heterocycles. The molecule has 2 saturated heterocycles. The number of likely N-dealkylation sites (tertiary alicyclic amines) is 1. The summed E-state index contributed by atoms with van der Waals surface area (Å²) in [6.07, 6.45) is 2.09. The summed E-state index contributed by atoms with van der Waals surface area (Å²) in [6, 6.07) is 7.82. The SMILES string of the molecule is O=C1CSC2(CCN(C[C@H]3COc4ccccc4O3)CC2)N1. The van der Waals surface area contributed by atoms with Crippen molar-refractivity contribution in [3.63, 3.8) is 0 Å². The fourth-order valence-electron chi connectivity index (χ4n) is 3.34. The molecule has 0 saturated carbocycles. The summed E-state index contributed by atoms with van der Waals surface area (Å²) >= 11 is 1.77. The van der Waals surface area contributed by atoms with Gasteiger partial charge in [-0.3, -0.25) is 9.69 Å². The number of thioether (sulfide) groups is 1. The van der Waals surface area contributed by atoms with Gasteiger partial charge in [0, 0.05) is 19.6 Å². The van der Waals surface area contributed by atoms with Gasteiger partial charge in [0.15, 0.2) is 11.5 Å². The fraction of sp³-hybridized carbons (Fsp3) is 0.562. The Morgan fingerprint density at radius 1 is 1.27 bits per heavy atom. The largest absolute Gasteiger partial charge is 0.486 e. The van der Waals surface area contributed by atoms with Gasteiger partial charge in [-0.05, 0) is 25.0 Å². The zero-order valence-electron chi connectivity index (χ0n) is 12.4. The topological polar surface area (TPSA) is 50.8 Å². The number of nitrogens with one attached hydrogen (secondary N) is 1. The minimum absolute atomic E-state index is 0.00982. The number of rotatable bonds is 2. The van der Waals surface area contributed by atoms with Crippen molar-refractivity contribution in [3.05, 3.63) is 24.3 Å². The molecular formula is C16H20N2O3S. The summed E-state index contributed by atoms with van der Waals surface area (Å²) in [5.41, 5.74) is 0. The Kier molecular flexibility index (Phi) is 3.66. The van der Waals surface area contributed by atoms with Gasteiger partial charge in [0.25, 0.3) is 0 Å². The molecule has 0 unspecified atom stereocenters. The number of para-hydroxylation sites is 2. The molecule has 1 atom stereocenters. The third kappa shape index (κ3) is 2.77. The van der Waals surface area contributed by atoms with Crippen molar-refractivity contribution < 1.29 is 14.3 Å². The zero-order chi connectivity index (χ0) is 15.0. The molecule has 5 nitrogen and oxygen atoms in total. The van der Waals surface area contributed by atoms with E-state index in [0.717, 1.165) is 44.0 Å². The molecule has 1 aromatic carbocycles. The van der Waals surface area contributed by atoms with Crippen LogP contribution in [0.2, 0.25) is 0 Å². The molecule has 3 heterocycles. The Balaban J connectivity index is 1.32. The van der Waals surface area contributed by atoms with Crippen LogP contribution in [0.5, 0.6) is 11.5 Å². The second-order valence-corrected chi connectivity index (χ2v) is 7.49. The highest BCUT2D eigenvalue weighted by atomic mass is 32.2. The maximum absolute atomic E-state index is 11.4. The Bertz CT molecular complexity index is 572. The Morgan fingerprint density at radius 3 is 2.77 bits per heavy atom. The molecule has 22 heavy (non-hydrogen) atoms. The smallest absolute Gasteiger partial charge is 0.231 e. The van der Waals surface area contributed by atoms with Crippen molar-refractivity contribution in [1.82, 2.24) is 10.2 Å². The third-order valence-corrected chi connectivity index (χ3v) is 6.01. The molecule has 2 fully saturated rings. The molecular weight excluding hydrogens is 300 g/mol. The first-order valence-corrected chi connectivity index (χ1v) is 8.77. The van der Waals surface area contributed by atoms with Gasteiger partial charge in [-0.2, -0.15) is 0 Å². The summed E-state index contributed by atoms with van der Waals surface area (Å²) in [4.78, 5) is 13.9. The van der Waals surface area contributed by atoms with Gasteiger partial charge in [0.05, 0.1) is 10.6 Å². The van der Waals surface area contributed by atoms with Gasteiger partial charge in [-0.15, -0.1) is 11.8 Å². The standard InChI is InChI=1S/C16H20N2O3S/c19-15-11-22-16(17-15)5-7-18(8-6-16)9-12-10-20-13-3-1-2-4-14(13)21-12/h1-4,12H,5-11H2,(H,17,19)/t12-/m0/s1. The molecule has 0 aromatic heterocycles. The van der Waals surface area contributed by atoms with Crippen LogP contribution < -0.4 is 14.8 Å². The monoisotopic (exact) mass is 320 g/mol. The van der Waals surface area contributed by atoms with Gasteiger partial charge < -0.3 is 14.8 Å². The highest BCUT2D eigenvalue weighted by Gasteiger charge is 2.41. The number of amides is 1. The molecule has 1 amide bonds. The molecule has 0 bridgehead atoms. The van der Waals surface area contributed by atoms with Crippen molar-refractivity contribution in [3.8, 4) is 11.5 Å². The maximum atomic E-state index is 11.4. The van der Waals surface area contributed by atoms with E-state index >= 15 is 0 Å². The fourth-order valence-corrected chi connectivity index (χ4v) is 4.47. The number of piperidine rings is 1. The average molecular weight is 320 g/mol. The van der Waals surface area contributed by atoms with Crippen LogP contribution in [0.25, 0.3) is 0 Å². The van der Waals surface area contributed by atoms with Crippen LogP contribution in [0.4, 0.5) is 0 Å². The lowest BCUT2D eigenvalue weighted by molar-refractivity contribution is -0.119. The first-order chi connectivity index (χ1) is 10.7. The lowest BCUT2D eigenvalue weighted by Crippen LogP contribution is -2.52. The van der Waals surface area contributed by atoms with Crippen LogP contribution in [0.1, 0.15) is 12.8 Å². The van der Waals surface area contributed by atoms with E-state index < -0.39 is 0 Å². The summed E-state index contributed by atoms with van der Waals surface area (Å²) in [7, 11) is 0. The molecule has 3 aliphatic rings. The summed E-state index contributed by atoms with van der Waals surface area (Å²) in [5, 5.41) is 3.15. The van der Waals surface area contributed by atoms with Gasteiger partial charge in [-0.25, -0.2) is 0 Å². The minimum atomic E-state index is -0.00982. The van der Waals surface area contributed by atoms with Gasteiger partial charge in [0.1, 0.15) is 12.7 Å². The number of fused-ring (bicyclic) bond motifs is 1. The van der Waals surface area contributed by atoms with Crippen molar-refractivity contribution in [2.24, 2.45) is 0 Å². The molecule has 1 aromatic rings. The van der Waals surface area contributed by atoms with E-state index in [9.17, 15) is 4.79 Å². The molecule has 6 heteroatoms. The summed E-state index contributed by atoms with van der Waals surface area (Å²) < 4.78 is 11.8. The summed E-state index contributed by atoms with van der Waals surface area (Å²) in [6.45, 7) is 3.47. The van der Waals surface area contributed by atoms with E-state index in [1.54, 1.807) is 11.8 Å². The van der Waals surface area contributed by atoms with E-state index in [1.807, 2.05) is 24.3 Å². The number of hydrogen-bond donors (Lipinski definition) is 1. The van der Waals surface area contributed by atoms with E-state index in [0.29, 0.717) is 12.4 Å². The zero-order valence-corrected chi connectivity index (χ0v) is 13.2. The maximum Gasteiger partial charge on any atom is 0.231 e. The van der Waals surface area contributed by atoms with E-state index in [1.165, 1.54) is 0 Å². The molecule has 0 radical (unpaired) electrons. The number of hydrogen-bond acceptors (Lipinski definition) is 5. The molecule has 118 valence electrons. The van der Waals surface area contributed by atoms with Crippen LogP contribution in [0, 0.1) is 0 Å². The second kappa shape index (κ2) is 5.66. The van der Waals surface area contributed by atoms with Gasteiger partial charge in [0.2, 0.25) is 5.91 Å². The highest BCUT2D eigenvalue weighted by molar-refractivity contribution is 8.01. The quantitative estimate of drug-likeness (QED) is 0.894. The number of nitrogens with zero attached hydrogens (tertiary/aromatic N) is 1. The molecule has 4 rings (SSSR count). The van der Waals surface area contributed by atoms with Crippen LogP contribution in [0.15, 0.2) is 24.3 Å². The van der Waals surface area contributed by atoms with Crippen molar-refractivity contribution in [1.29, 1.82) is 0 Å². The van der Waals surface area contributed by atoms with Crippen LogP contribution in [-0.4, -0.2) is 53.8 Å². The van der Waals surface area contributed by atoms with E-state index in [4.69, 9.17) is 9.47 Å². The number of carbonyl (C=O) groups excluding carboxylic acids is 1. The number of carbonyl (C=O) groups is 1. The number of ether oxygens (including phenoxy) is 2. The van der Waals surface area contributed by atoms with Crippen molar-refractivity contribution >= 4 is 17.7 Å². The van der Waals surface area contributed by atoms with E-state index in [-0.39, 0.29) is 16.9 Å². The molecule has 0 aliphatic carbocycles. The van der Waals surface area contributed by atoms with Crippen LogP contribution in [0.3, 0.4) is 0 Å². The Hall–Kier alpha value is -1.40. The normalized spacial score (nSPS) is 26.9. The minimum Gasteiger partial charge on any atom is -0.486 e.